The normalized spacial score (nSPS) is 18.4. The van der Waals surface area contributed by atoms with Crippen molar-refractivity contribution >= 4 is 17.8 Å². The predicted molar refractivity (Wildman–Crippen MR) is 113 cm³/mol. The molecule has 1 spiro atoms. The third-order valence-electron chi connectivity index (χ3n) is 5.79. The van der Waals surface area contributed by atoms with Crippen LogP contribution in [-0.4, -0.2) is 39.2 Å². The highest BCUT2D eigenvalue weighted by atomic mass is 16.6. The molecule has 0 aromatic heterocycles. The minimum Gasteiger partial charge on any atom is -0.508 e. The van der Waals surface area contributed by atoms with Gasteiger partial charge in [0.05, 0.1) is 5.56 Å². The molecule has 0 saturated heterocycles. The number of carboxylic acids is 1. The number of hydrogen-bond donors (Lipinski definition) is 4. The van der Waals surface area contributed by atoms with E-state index in [1.54, 1.807) is 30.3 Å². The van der Waals surface area contributed by atoms with Crippen LogP contribution in [0.2, 0.25) is 0 Å². The van der Waals surface area contributed by atoms with Crippen molar-refractivity contribution < 1.29 is 39.2 Å². The molecule has 4 N–H and O–H groups in total. The summed E-state index contributed by atoms with van der Waals surface area (Å²) in [7, 11) is 0. The van der Waals surface area contributed by atoms with Crippen LogP contribution in [-0.2, 0) is 15.1 Å². The van der Waals surface area contributed by atoms with Crippen LogP contribution in [0.3, 0.4) is 0 Å². The lowest BCUT2D eigenvalue weighted by Gasteiger charge is -2.37. The largest absolute Gasteiger partial charge is 0.508 e. The molecule has 2 atom stereocenters. The number of amides is 1. The van der Waals surface area contributed by atoms with Crippen LogP contribution >= 0.6 is 0 Å². The van der Waals surface area contributed by atoms with Gasteiger partial charge in [-0.2, -0.15) is 0 Å². The Bertz CT molecular complexity index is 1360. The second kappa shape index (κ2) is 6.99. The van der Waals surface area contributed by atoms with E-state index in [4.69, 9.17) is 14.6 Å². The summed E-state index contributed by atoms with van der Waals surface area (Å²) in [6.45, 7) is 1.28. The number of aromatic hydroxyl groups is 2. The van der Waals surface area contributed by atoms with E-state index >= 15 is 0 Å². The second-order valence-corrected chi connectivity index (χ2v) is 7.77. The van der Waals surface area contributed by atoms with Gasteiger partial charge < -0.3 is 30.1 Å². The molecule has 9 nitrogen and oxygen atoms in total. The molecule has 166 valence electrons. The van der Waals surface area contributed by atoms with Crippen molar-refractivity contribution in [1.82, 2.24) is 5.32 Å². The van der Waals surface area contributed by atoms with Gasteiger partial charge in [-0.25, -0.2) is 4.79 Å². The van der Waals surface area contributed by atoms with E-state index < -0.39 is 35.2 Å². The average Bonchev–Trinajstić information content (AvgIpc) is 3.06. The summed E-state index contributed by atoms with van der Waals surface area (Å²) < 4.78 is 11.9. The number of aliphatic carboxylic acids is 1. The minimum absolute atomic E-state index is 0.109. The second-order valence-electron chi connectivity index (χ2n) is 7.77. The van der Waals surface area contributed by atoms with Crippen molar-refractivity contribution in [3.05, 3.63) is 82.4 Å². The number of nitrogens with one attached hydrogen (secondary N) is 1. The maximum atomic E-state index is 13.0. The fourth-order valence-electron chi connectivity index (χ4n) is 4.26. The Labute approximate surface area is 186 Å². The summed E-state index contributed by atoms with van der Waals surface area (Å²) in [6, 6.07) is 12.5. The van der Waals surface area contributed by atoms with Gasteiger partial charge in [0.1, 0.15) is 28.9 Å². The highest BCUT2D eigenvalue weighted by molar-refractivity contribution is 6.03. The van der Waals surface area contributed by atoms with Crippen LogP contribution in [0.1, 0.15) is 44.3 Å². The number of benzene rings is 3. The van der Waals surface area contributed by atoms with E-state index in [2.05, 4.69) is 5.32 Å². The maximum Gasteiger partial charge on any atom is 0.340 e. The first kappa shape index (κ1) is 20.4. The summed E-state index contributed by atoms with van der Waals surface area (Å²) in [5.74, 6) is -3.34. The number of fused-ring (bicyclic) bond motifs is 6. The van der Waals surface area contributed by atoms with Gasteiger partial charge in [-0.3, -0.25) is 9.59 Å². The number of hydrogen-bond acceptors (Lipinski definition) is 7. The number of carboxylic acid groups (broad SMARTS) is 1. The smallest absolute Gasteiger partial charge is 0.340 e. The zero-order valence-corrected chi connectivity index (χ0v) is 17.2. The lowest BCUT2D eigenvalue weighted by atomic mass is 9.77. The van der Waals surface area contributed by atoms with Gasteiger partial charge in [0.15, 0.2) is 11.4 Å². The number of ether oxygens (including phenoxy) is 2. The molecule has 3 aromatic rings. The van der Waals surface area contributed by atoms with Gasteiger partial charge in [0.2, 0.25) is 0 Å². The van der Waals surface area contributed by atoms with E-state index in [1.807, 2.05) is 0 Å². The number of esters is 1. The quantitative estimate of drug-likeness (QED) is 0.449. The molecule has 0 bridgehead atoms. The molecule has 0 radical (unpaired) electrons. The highest BCUT2D eigenvalue weighted by Crippen LogP contribution is 2.58. The lowest BCUT2D eigenvalue weighted by molar-refractivity contribution is -0.138. The van der Waals surface area contributed by atoms with Crippen molar-refractivity contribution in [1.29, 1.82) is 0 Å². The van der Waals surface area contributed by atoms with Crippen LogP contribution < -0.4 is 10.1 Å². The third kappa shape index (κ3) is 2.82. The summed E-state index contributed by atoms with van der Waals surface area (Å²) in [4.78, 5) is 37.0. The lowest BCUT2D eigenvalue weighted by Crippen LogP contribution is -2.39. The molecule has 0 fully saturated rings. The molecule has 9 heteroatoms. The van der Waals surface area contributed by atoms with Crippen molar-refractivity contribution in [2.24, 2.45) is 0 Å². The van der Waals surface area contributed by atoms with Crippen molar-refractivity contribution in [2.45, 2.75) is 18.6 Å². The molecule has 1 unspecified atom stereocenters. The summed E-state index contributed by atoms with van der Waals surface area (Å²) in [5.41, 5.74) is -0.322. The predicted octanol–water partition coefficient (Wildman–Crippen LogP) is 2.87. The average molecular weight is 447 g/mol. The molecule has 0 aliphatic carbocycles. The SMILES string of the molecule is C[C@H](NC(=O)c1c(O)ccc2c1Oc1cc(O)ccc1C21OC(=O)c2ccccc21)C(=O)O. The Morgan fingerprint density at radius 2 is 1.73 bits per heavy atom. The topological polar surface area (TPSA) is 142 Å². The van der Waals surface area contributed by atoms with E-state index in [0.717, 1.165) is 0 Å². The van der Waals surface area contributed by atoms with E-state index in [-0.39, 0.29) is 28.4 Å². The van der Waals surface area contributed by atoms with Crippen LogP contribution in [0.4, 0.5) is 0 Å². The van der Waals surface area contributed by atoms with Crippen molar-refractivity contribution in [3.63, 3.8) is 0 Å². The van der Waals surface area contributed by atoms with Gasteiger partial charge in [0.25, 0.3) is 5.91 Å². The summed E-state index contributed by atoms with van der Waals surface area (Å²) in [5, 5.41) is 32.0. The van der Waals surface area contributed by atoms with E-state index in [1.165, 1.54) is 31.2 Å². The van der Waals surface area contributed by atoms with Gasteiger partial charge in [-0.05, 0) is 37.3 Å². The monoisotopic (exact) mass is 447 g/mol. The molecular formula is C24H17NO8. The van der Waals surface area contributed by atoms with E-state index in [9.17, 15) is 24.6 Å². The molecule has 5 rings (SSSR count). The zero-order valence-electron chi connectivity index (χ0n) is 17.2. The first-order chi connectivity index (χ1) is 15.7. The van der Waals surface area contributed by atoms with Crippen LogP contribution in [0.25, 0.3) is 0 Å². The van der Waals surface area contributed by atoms with Gasteiger partial charge in [-0.1, -0.05) is 18.2 Å². The number of phenolic OH excluding ortho intramolecular Hbond substituents is 2. The summed E-state index contributed by atoms with van der Waals surface area (Å²) >= 11 is 0. The van der Waals surface area contributed by atoms with Gasteiger partial charge in [-0.15, -0.1) is 0 Å². The molecular weight excluding hydrogens is 430 g/mol. The molecule has 2 heterocycles. The van der Waals surface area contributed by atoms with Crippen LogP contribution in [0, 0.1) is 0 Å². The Morgan fingerprint density at radius 1 is 1.00 bits per heavy atom. The highest BCUT2D eigenvalue weighted by Gasteiger charge is 2.54. The van der Waals surface area contributed by atoms with Gasteiger partial charge in [0, 0.05) is 22.8 Å². The third-order valence-corrected chi connectivity index (χ3v) is 5.79. The Morgan fingerprint density at radius 3 is 2.48 bits per heavy atom. The number of carbonyl (C=O) groups excluding carboxylic acids is 2. The van der Waals surface area contributed by atoms with Crippen molar-refractivity contribution in [2.75, 3.05) is 0 Å². The van der Waals surface area contributed by atoms with E-state index in [0.29, 0.717) is 16.7 Å². The molecule has 1 amide bonds. The Kier molecular flexibility index (Phi) is 4.32. The zero-order chi connectivity index (χ0) is 23.5. The molecule has 0 saturated carbocycles. The van der Waals surface area contributed by atoms with Gasteiger partial charge >= 0.3 is 11.9 Å². The van der Waals surface area contributed by atoms with Crippen LogP contribution in [0.15, 0.2) is 54.6 Å². The number of phenols is 2. The molecule has 2 aliphatic heterocycles. The molecule has 2 aliphatic rings. The standard InChI is InChI=1S/C24H17NO8/c1-11(22(29)30)25-21(28)19-17(27)9-8-16-20(19)32-18-10-12(26)6-7-15(18)24(16)14-5-3-2-4-13(14)23(31)33-24/h2-11,26-27H,1H3,(H,25,28)(H,29,30)/t11-,24?/m0/s1. The first-order valence-electron chi connectivity index (χ1n) is 9.98. The molecule has 3 aromatic carbocycles. The number of carbonyl (C=O) groups is 3. The van der Waals surface area contributed by atoms with Crippen molar-refractivity contribution in [3.8, 4) is 23.0 Å². The van der Waals surface area contributed by atoms with Crippen LogP contribution in [0.5, 0.6) is 23.0 Å². The summed E-state index contributed by atoms with van der Waals surface area (Å²) in [6.07, 6.45) is 0. The fraction of sp³-hybridized carbons (Fsp3) is 0.125. The Hall–Kier alpha value is -4.53. The number of rotatable bonds is 3. The fourth-order valence-corrected chi connectivity index (χ4v) is 4.26. The first-order valence-corrected chi connectivity index (χ1v) is 9.98. The minimum atomic E-state index is -1.51. The maximum absolute atomic E-state index is 13.0. The molecule has 33 heavy (non-hydrogen) atoms. The Balaban J connectivity index is 1.80.